The van der Waals surface area contributed by atoms with Gasteiger partial charge in [0.2, 0.25) is 0 Å². The van der Waals surface area contributed by atoms with E-state index in [2.05, 4.69) is 32.9 Å². The fraction of sp³-hybridized carbons (Fsp3) is 0.909. The average molecular weight is 861 g/mol. The average Bonchev–Trinajstić information content (AvgIpc) is 3.26. The Morgan fingerprint density at radius 3 is 0.820 bits per heavy atom. The molecule has 360 valence electrons. The Morgan fingerprint density at radius 1 is 0.311 bits per heavy atom. The summed E-state index contributed by atoms with van der Waals surface area (Å²) in [6.45, 7) is 6.66. The SMILES string of the molecule is CCCCCCCC/C=C\CCCCCCCCCCCCCC(=O)OC[C@H](COC(=O)CCCCCCCCCCCCC)OC(=O)CCCCCCCCCCCCC. The summed E-state index contributed by atoms with van der Waals surface area (Å²) in [4.78, 5) is 37.9. The minimum Gasteiger partial charge on any atom is -0.462 e. The van der Waals surface area contributed by atoms with Crippen molar-refractivity contribution in [3.05, 3.63) is 12.2 Å². The van der Waals surface area contributed by atoms with Crippen molar-refractivity contribution >= 4 is 17.9 Å². The van der Waals surface area contributed by atoms with E-state index in [-0.39, 0.29) is 31.1 Å². The molecule has 0 N–H and O–H groups in total. The van der Waals surface area contributed by atoms with E-state index in [4.69, 9.17) is 14.2 Å². The molecule has 0 aromatic carbocycles. The molecule has 0 saturated heterocycles. The van der Waals surface area contributed by atoms with Crippen LogP contribution in [-0.2, 0) is 28.6 Å². The zero-order valence-corrected chi connectivity index (χ0v) is 41.2. The largest absolute Gasteiger partial charge is 0.462 e. The lowest BCUT2D eigenvalue weighted by Crippen LogP contribution is -2.30. The number of ether oxygens (including phenoxy) is 3. The molecule has 6 nitrogen and oxygen atoms in total. The van der Waals surface area contributed by atoms with Gasteiger partial charge in [-0.2, -0.15) is 0 Å². The lowest BCUT2D eigenvalue weighted by atomic mass is 10.0. The summed E-state index contributed by atoms with van der Waals surface area (Å²) in [5, 5.41) is 0. The van der Waals surface area contributed by atoms with Crippen LogP contribution in [0.25, 0.3) is 0 Å². The van der Waals surface area contributed by atoms with E-state index in [0.29, 0.717) is 19.3 Å². The van der Waals surface area contributed by atoms with Crippen molar-refractivity contribution in [1.29, 1.82) is 0 Å². The number of hydrogen-bond donors (Lipinski definition) is 0. The number of unbranched alkanes of at least 4 members (excludes halogenated alkanes) is 37. The van der Waals surface area contributed by atoms with Crippen LogP contribution in [0.4, 0.5) is 0 Å². The van der Waals surface area contributed by atoms with Gasteiger partial charge in [0, 0.05) is 19.3 Å². The van der Waals surface area contributed by atoms with Crippen LogP contribution < -0.4 is 0 Å². The zero-order chi connectivity index (χ0) is 44.4. The topological polar surface area (TPSA) is 78.9 Å². The van der Waals surface area contributed by atoms with Crippen molar-refractivity contribution in [3.8, 4) is 0 Å². The number of carbonyl (C=O) groups excluding carboxylic acids is 3. The Balaban J connectivity index is 4.20. The molecule has 0 saturated carbocycles. The van der Waals surface area contributed by atoms with Crippen LogP contribution in [0.15, 0.2) is 12.2 Å². The summed E-state index contributed by atoms with van der Waals surface area (Å²) in [6, 6.07) is 0. The molecule has 0 aliphatic carbocycles. The van der Waals surface area contributed by atoms with Crippen LogP contribution in [0.2, 0.25) is 0 Å². The highest BCUT2D eigenvalue weighted by Crippen LogP contribution is 2.16. The molecule has 0 aromatic rings. The Labute approximate surface area is 380 Å². The molecule has 1 atom stereocenters. The number of allylic oxidation sites excluding steroid dienone is 2. The van der Waals surface area contributed by atoms with Gasteiger partial charge in [0.25, 0.3) is 0 Å². The molecule has 61 heavy (non-hydrogen) atoms. The van der Waals surface area contributed by atoms with Crippen molar-refractivity contribution in [1.82, 2.24) is 0 Å². The number of hydrogen-bond acceptors (Lipinski definition) is 6. The van der Waals surface area contributed by atoms with Gasteiger partial charge in [-0.1, -0.05) is 251 Å². The summed E-state index contributed by atoms with van der Waals surface area (Å²) in [7, 11) is 0. The fourth-order valence-corrected chi connectivity index (χ4v) is 8.14. The van der Waals surface area contributed by atoms with Gasteiger partial charge < -0.3 is 14.2 Å². The molecular formula is C55H104O6. The molecule has 0 aliphatic rings. The summed E-state index contributed by atoms with van der Waals surface area (Å²) < 4.78 is 16.8. The summed E-state index contributed by atoms with van der Waals surface area (Å²) in [5.41, 5.74) is 0. The standard InChI is InChI=1S/C55H104O6/c1-4-7-10-13-16-19-22-23-24-25-26-27-28-29-30-31-34-36-39-42-45-48-54(57)60-51-52(61-55(58)49-46-43-40-37-33-21-18-15-12-9-6-3)50-59-53(56)47-44-41-38-35-32-20-17-14-11-8-5-2/h23-24,52H,4-22,25-51H2,1-3H3/b24-23-/t52-/m0/s1. The highest BCUT2D eigenvalue weighted by atomic mass is 16.6. The molecule has 0 amide bonds. The predicted molar refractivity (Wildman–Crippen MR) is 261 cm³/mol. The first-order valence-corrected chi connectivity index (χ1v) is 27.2. The Kier molecular flexibility index (Phi) is 49.3. The number of esters is 3. The predicted octanol–water partition coefficient (Wildman–Crippen LogP) is 17.8. The number of carbonyl (C=O) groups is 3. The van der Waals surface area contributed by atoms with E-state index in [1.54, 1.807) is 0 Å². The highest BCUT2D eigenvalue weighted by molar-refractivity contribution is 5.71. The lowest BCUT2D eigenvalue weighted by Gasteiger charge is -2.18. The number of rotatable bonds is 50. The van der Waals surface area contributed by atoms with Crippen molar-refractivity contribution in [2.45, 2.75) is 309 Å². The summed E-state index contributed by atoms with van der Waals surface area (Å²) >= 11 is 0. The van der Waals surface area contributed by atoms with Gasteiger partial charge in [-0.3, -0.25) is 14.4 Å². The normalized spacial score (nSPS) is 12.0. The molecule has 0 unspecified atom stereocenters. The second-order valence-corrected chi connectivity index (χ2v) is 18.5. The second kappa shape index (κ2) is 50.8. The van der Waals surface area contributed by atoms with E-state index < -0.39 is 6.10 Å². The quantitative estimate of drug-likeness (QED) is 0.0262. The van der Waals surface area contributed by atoms with E-state index >= 15 is 0 Å². The smallest absolute Gasteiger partial charge is 0.306 e. The van der Waals surface area contributed by atoms with Crippen molar-refractivity contribution in [2.75, 3.05) is 13.2 Å². The molecule has 0 heterocycles. The van der Waals surface area contributed by atoms with Gasteiger partial charge in [-0.15, -0.1) is 0 Å². The molecule has 0 radical (unpaired) electrons. The summed E-state index contributed by atoms with van der Waals surface area (Å²) in [6.07, 6.45) is 56.3. The molecule has 0 fully saturated rings. The first-order chi connectivity index (χ1) is 30.0. The Hall–Kier alpha value is -1.85. The monoisotopic (exact) mass is 861 g/mol. The molecular weight excluding hydrogens is 757 g/mol. The highest BCUT2D eigenvalue weighted by Gasteiger charge is 2.19. The van der Waals surface area contributed by atoms with Gasteiger partial charge in [0.05, 0.1) is 0 Å². The van der Waals surface area contributed by atoms with Crippen LogP contribution in [0.3, 0.4) is 0 Å². The molecule has 0 rings (SSSR count). The summed E-state index contributed by atoms with van der Waals surface area (Å²) in [5.74, 6) is -0.849. The van der Waals surface area contributed by atoms with E-state index in [0.717, 1.165) is 57.8 Å². The lowest BCUT2D eigenvalue weighted by molar-refractivity contribution is -0.167. The van der Waals surface area contributed by atoms with E-state index in [1.165, 1.54) is 205 Å². The Bertz CT molecular complexity index is 947. The minimum absolute atomic E-state index is 0.0646. The van der Waals surface area contributed by atoms with E-state index in [9.17, 15) is 14.4 Å². The minimum atomic E-state index is -0.762. The third-order valence-corrected chi connectivity index (χ3v) is 12.3. The van der Waals surface area contributed by atoms with Gasteiger partial charge in [0.1, 0.15) is 13.2 Å². The molecule has 0 bridgehead atoms. The third kappa shape index (κ3) is 49.0. The van der Waals surface area contributed by atoms with Crippen molar-refractivity contribution in [2.24, 2.45) is 0 Å². The Morgan fingerprint density at radius 2 is 0.541 bits per heavy atom. The van der Waals surface area contributed by atoms with Crippen molar-refractivity contribution in [3.63, 3.8) is 0 Å². The molecule has 0 aromatic heterocycles. The van der Waals surface area contributed by atoms with Gasteiger partial charge >= 0.3 is 17.9 Å². The van der Waals surface area contributed by atoms with Gasteiger partial charge in [-0.25, -0.2) is 0 Å². The molecule has 0 spiro atoms. The van der Waals surface area contributed by atoms with Gasteiger partial charge in [0.15, 0.2) is 6.10 Å². The van der Waals surface area contributed by atoms with Gasteiger partial charge in [-0.05, 0) is 44.9 Å². The fourth-order valence-electron chi connectivity index (χ4n) is 8.14. The maximum absolute atomic E-state index is 12.8. The maximum Gasteiger partial charge on any atom is 0.306 e. The first-order valence-electron chi connectivity index (χ1n) is 27.2. The van der Waals surface area contributed by atoms with Crippen LogP contribution in [0.1, 0.15) is 303 Å². The van der Waals surface area contributed by atoms with Crippen molar-refractivity contribution < 1.29 is 28.6 Å². The van der Waals surface area contributed by atoms with Crippen LogP contribution in [0, 0.1) is 0 Å². The molecule has 0 aliphatic heterocycles. The van der Waals surface area contributed by atoms with Crippen LogP contribution in [-0.4, -0.2) is 37.2 Å². The third-order valence-electron chi connectivity index (χ3n) is 12.3. The van der Waals surface area contributed by atoms with Crippen LogP contribution in [0.5, 0.6) is 0 Å². The second-order valence-electron chi connectivity index (χ2n) is 18.5. The maximum atomic E-state index is 12.8. The van der Waals surface area contributed by atoms with E-state index in [1.807, 2.05) is 0 Å². The zero-order valence-electron chi connectivity index (χ0n) is 41.2. The van der Waals surface area contributed by atoms with Crippen LogP contribution >= 0.6 is 0 Å². The molecule has 6 heteroatoms. The first kappa shape index (κ1) is 59.1.